The molecular weight excluding hydrogens is 186 g/mol. The van der Waals surface area contributed by atoms with Crippen LogP contribution in [0.25, 0.3) is 0 Å². The van der Waals surface area contributed by atoms with E-state index >= 15 is 0 Å². The largest absolute Gasteiger partial charge is 0.468 e. The number of furan rings is 1. The summed E-state index contributed by atoms with van der Waals surface area (Å²) in [5, 5.41) is 3.63. The maximum atomic E-state index is 5.40. The first kappa shape index (κ1) is 10.7. The lowest BCUT2D eigenvalue weighted by Crippen LogP contribution is -2.34. The van der Waals surface area contributed by atoms with E-state index in [4.69, 9.17) is 4.42 Å². The maximum Gasteiger partial charge on any atom is 0.120 e. The summed E-state index contributed by atoms with van der Waals surface area (Å²) < 4.78 is 5.40. The average molecular weight is 207 g/mol. The van der Waals surface area contributed by atoms with Crippen LogP contribution >= 0.6 is 0 Å². The molecular formula is C13H21NO. The molecule has 1 fully saturated rings. The highest BCUT2D eigenvalue weighted by molar-refractivity contribution is 5.03. The molecule has 0 aliphatic heterocycles. The fourth-order valence-electron chi connectivity index (χ4n) is 2.61. The Labute approximate surface area is 92.1 Å². The van der Waals surface area contributed by atoms with Gasteiger partial charge in [0.15, 0.2) is 0 Å². The van der Waals surface area contributed by atoms with Gasteiger partial charge in [-0.3, -0.25) is 0 Å². The van der Waals surface area contributed by atoms with Crippen LogP contribution in [0.5, 0.6) is 0 Å². The average Bonchev–Trinajstić information content (AvgIpc) is 2.91. The Morgan fingerprint density at radius 1 is 1.33 bits per heavy atom. The minimum Gasteiger partial charge on any atom is -0.468 e. The molecule has 0 saturated heterocycles. The molecule has 2 heteroatoms. The lowest BCUT2D eigenvalue weighted by Gasteiger charge is -2.23. The number of hydrogen-bond donors (Lipinski definition) is 1. The Kier molecular flexibility index (Phi) is 3.47. The van der Waals surface area contributed by atoms with Gasteiger partial charge in [0.1, 0.15) is 5.76 Å². The zero-order chi connectivity index (χ0) is 10.7. The molecule has 2 nitrogen and oxygen atoms in total. The lowest BCUT2D eigenvalue weighted by molar-refractivity contribution is 0.327. The Morgan fingerprint density at radius 2 is 2.07 bits per heavy atom. The minimum atomic E-state index is 0.329. The second-order valence-electron chi connectivity index (χ2n) is 4.74. The van der Waals surface area contributed by atoms with Crippen molar-refractivity contribution in [2.45, 2.75) is 51.6 Å². The van der Waals surface area contributed by atoms with E-state index in [2.05, 4.69) is 19.2 Å². The Balaban J connectivity index is 1.85. The molecule has 0 bridgehead atoms. The van der Waals surface area contributed by atoms with Crippen molar-refractivity contribution >= 4 is 0 Å². The normalized spacial score (nSPS) is 21.7. The second kappa shape index (κ2) is 4.84. The Morgan fingerprint density at radius 3 is 2.67 bits per heavy atom. The highest BCUT2D eigenvalue weighted by atomic mass is 16.3. The molecule has 1 N–H and O–H groups in total. The molecule has 2 unspecified atom stereocenters. The quantitative estimate of drug-likeness (QED) is 0.817. The van der Waals surface area contributed by atoms with E-state index in [1.54, 1.807) is 6.26 Å². The van der Waals surface area contributed by atoms with Crippen molar-refractivity contribution in [3.05, 3.63) is 24.2 Å². The van der Waals surface area contributed by atoms with Crippen LogP contribution in [0.3, 0.4) is 0 Å². The van der Waals surface area contributed by atoms with E-state index in [1.165, 1.54) is 25.7 Å². The zero-order valence-corrected chi connectivity index (χ0v) is 9.70. The molecule has 1 heterocycles. The van der Waals surface area contributed by atoms with E-state index in [-0.39, 0.29) is 0 Å². The van der Waals surface area contributed by atoms with Crippen LogP contribution in [0.15, 0.2) is 22.8 Å². The van der Waals surface area contributed by atoms with Crippen LogP contribution in [0.2, 0.25) is 0 Å². The highest BCUT2D eigenvalue weighted by Gasteiger charge is 2.23. The van der Waals surface area contributed by atoms with Crippen molar-refractivity contribution in [1.82, 2.24) is 5.32 Å². The van der Waals surface area contributed by atoms with Gasteiger partial charge in [0, 0.05) is 6.04 Å². The molecule has 2 atom stereocenters. The van der Waals surface area contributed by atoms with Gasteiger partial charge in [0.05, 0.1) is 12.3 Å². The monoisotopic (exact) mass is 207 g/mol. The summed E-state index contributed by atoms with van der Waals surface area (Å²) in [6, 6.07) is 4.93. The van der Waals surface area contributed by atoms with E-state index in [0.29, 0.717) is 12.1 Å². The summed E-state index contributed by atoms with van der Waals surface area (Å²) in [6.45, 7) is 4.47. The van der Waals surface area contributed by atoms with Crippen molar-refractivity contribution in [2.75, 3.05) is 0 Å². The molecule has 84 valence electrons. The van der Waals surface area contributed by atoms with Gasteiger partial charge in [-0.2, -0.15) is 0 Å². The highest BCUT2D eigenvalue weighted by Crippen LogP contribution is 2.28. The van der Waals surface area contributed by atoms with Crippen molar-refractivity contribution in [3.8, 4) is 0 Å². The van der Waals surface area contributed by atoms with Gasteiger partial charge >= 0.3 is 0 Å². The fourth-order valence-corrected chi connectivity index (χ4v) is 2.61. The smallest absolute Gasteiger partial charge is 0.120 e. The van der Waals surface area contributed by atoms with Gasteiger partial charge in [-0.25, -0.2) is 0 Å². The minimum absolute atomic E-state index is 0.329. The first-order valence-electron chi connectivity index (χ1n) is 6.07. The van der Waals surface area contributed by atoms with Crippen LogP contribution in [-0.4, -0.2) is 6.04 Å². The molecule has 0 aromatic carbocycles. The number of nitrogens with one attached hydrogen (secondary N) is 1. The van der Waals surface area contributed by atoms with Crippen molar-refractivity contribution in [3.63, 3.8) is 0 Å². The van der Waals surface area contributed by atoms with Gasteiger partial charge < -0.3 is 9.73 Å². The first-order valence-corrected chi connectivity index (χ1v) is 6.07. The summed E-state index contributed by atoms with van der Waals surface area (Å²) in [7, 11) is 0. The molecule has 0 spiro atoms. The third-order valence-corrected chi connectivity index (χ3v) is 3.59. The molecule has 1 saturated carbocycles. The molecule has 15 heavy (non-hydrogen) atoms. The third kappa shape index (κ3) is 2.63. The summed E-state index contributed by atoms with van der Waals surface area (Å²) in [6.07, 6.45) is 7.34. The van der Waals surface area contributed by atoms with Gasteiger partial charge in [0.2, 0.25) is 0 Å². The van der Waals surface area contributed by atoms with E-state index in [1.807, 2.05) is 12.1 Å². The van der Waals surface area contributed by atoms with Crippen LogP contribution in [0, 0.1) is 5.92 Å². The SMILES string of the molecule is CC(NC(C)C1CCCC1)c1ccco1. The van der Waals surface area contributed by atoms with Crippen LogP contribution < -0.4 is 5.32 Å². The summed E-state index contributed by atoms with van der Waals surface area (Å²) in [5.41, 5.74) is 0. The van der Waals surface area contributed by atoms with E-state index < -0.39 is 0 Å². The van der Waals surface area contributed by atoms with Gasteiger partial charge in [-0.15, -0.1) is 0 Å². The summed E-state index contributed by atoms with van der Waals surface area (Å²) in [5.74, 6) is 1.90. The summed E-state index contributed by atoms with van der Waals surface area (Å²) in [4.78, 5) is 0. The molecule has 1 aliphatic rings. The molecule has 0 radical (unpaired) electrons. The van der Waals surface area contributed by atoms with Crippen molar-refractivity contribution in [2.24, 2.45) is 5.92 Å². The molecule has 1 aliphatic carbocycles. The molecule has 0 amide bonds. The fraction of sp³-hybridized carbons (Fsp3) is 0.692. The van der Waals surface area contributed by atoms with Crippen molar-refractivity contribution < 1.29 is 4.42 Å². The molecule has 1 aromatic rings. The maximum absolute atomic E-state index is 5.40. The standard InChI is InChI=1S/C13H21NO/c1-10(12-6-3-4-7-12)14-11(2)13-8-5-9-15-13/h5,8-12,14H,3-4,6-7H2,1-2H3. The van der Waals surface area contributed by atoms with Crippen LogP contribution in [-0.2, 0) is 0 Å². The molecule has 2 rings (SSSR count). The lowest BCUT2D eigenvalue weighted by atomic mass is 9.99. The van der Waals surface area contributed by atoms with Crippen LogP contribution in [0.4, 0.5) is 0 Å². The second-order valence-corrected chi connectivity index (χ2v) is 4.74. The van der Waals surface area contributed by atoms with E-state index in [0.717, 1.165) is 11.7 Å². The van der Waals surface area contributed by atoms with Gasteiger partial charge in [-0.05, 0) is 44.7 Å². The van der Waals surface area contributed by atoms with Gasteiger partial charge in [-0.1, -0.05) is 12.8 Å². The topological polar surface area (TPSA) is 25.2 Å². The molecule has 1 aromatic heterocycles. The first-order chi connectivity index (χ1) is 7.27. The predicted octanol–water partition coefficient (Wildman–Crippen LogP) is 3.51. The van der Waals surface area contributed by atoms with Gasteiger partial charge in [0.25, 0.3) is 0 Å². The Bertz CT molecular complexity index is 275. The van der Waals surface area contributed by atoms with Crippen molar-refractivity contribution in [1.29, 1.82) is 0 Å². The zero-order valence-electron chi connectivity index (χ0n) is 9.70. The predicted molar refractivity (Wildman–Crippen MR) is 61.7 cm³/mol. The van der Waals surface area contributed by atoms with E-state index in [9.17, 15) is 0 Å². The number of hydrogen-bond acceptors (Lipinski definition) is 2. The van der Waals surface area contributed by atoms with Crippen LogP contribution in [0.1, 0.15) is 51.3 Å². The summed E-state index contributed by atoms with van der Waals surface area (Å²) >= 11 is 0. The third-order valence-electron chi connectivity index (χ3n) is 3.59. The Hall–Kier alpha value is -0.760. The number of rotatable bonds is 4.